The Labute approximate surface area is 227 Å². The second-order valence-corrected chi connectivity index (χ2v) is 8.10. The summed E-state index contributed by atoms with van der Waals surface area (Å²) in [4.78, 5) is 44.7. The molecular weight excluding hydrogens is 524 g/mol. The predicted molar refractivity (Wildman–Crippen MR) is 142 cm³/mol. The summed E-state index contributed by atoms with van der Waals surface area (Å²) in [5.74, 6) is -0.596. The van der Waals surface area contributed by atoms with Crippen molar-refractivity contribution in [2.24, 2.45) is 0 Å². The highest BCUT2D eigenvalue weighted by molar-refractivity contribution is 6.13. The molecule has 2 heterocycles. The lowest BCUT2D eigenvalue weighted by atomic mass is 9.95. The molecule has 0 N–H and O–H groups in total. The number of aromatic nitrogens is 2. The summed E-state index contributed by atoms with van der Waals surface area (Å²) < 4.78 is 20.9. The van der Waals surface area contributed by atoms with E-state index in [1.807, 2.05) is 0 Å². The van der Waals surface area contributed by atoms with Crippen LogP contribution >= 0.6 is 0 Å². The number of benzene rings is 2. The van der Waals surface area contributed by atoms with Gasteiger partial charge in [-0.25, -0.2) is 0 Å². The molecule has 204 valence electrons. The number of methoxy groups -OCH3 is 4. The Hall–Kier alpha value is -5.59. The topological polar surface area (TPSA) is 166 Å². The molecule has 0 aliphatic heterocycles. The number of nitro benzene ring substituents is 2. The third-order valence-electron chi connectivity index (χ3n) is 5.98. The van der Waals surface area contributed by atoms with Gasteiger partial charge in [0.25, 0.3) is 0 Å². The molecule has 0 aliphatic rings. The predicted octanol–water partition coefficient (Wildman–Crippen LogP) is 4.89. The van der Waals surface area contributed by atoms with E-state index in [1.165, 1.54) is 65.1 Å². The molecule has 4 rings (SSSR count). The van der Waals surface area contributed by atoms with Gasteiger partial charge in [0, 0.05) is 35.7 Å². The van der Waals surface area contributed by atoms with E-state index in [2.05, 4.69) is 9.97 Å². The summed E-state index contributed by atoms with van der Waals surface area (Å²) >= 11 is 0. The molecule has 0 atom stereocenters. The van der Waals surface area contributed by atoms with Gasteiger partial charge in [-0.15, -0.1) is 0 Å². The zero-order valence-corrected chi connectivity index (χ0v) is 21.7. The number of hydrogen-bond donors (Lipinski definition) is 0. The fraction of sp³-hybridized carbons (Fsp3) is 0.148. The molecule has 40 heavy (non-hydrogen) atoms. The lowest BCUT2D eigenvalue weighted by Gasteiger charge is -2.14. The molecule has 0 saturated heterocycles. The van der Waals surface area contributed by atoms with Crippen LogP contribution in [0.3, 0.4) is 0 Å². The Morgan fingerprint density at radius 3 is 1.40 bits per heavy atom. The maximum atomic E-state index is 13.9. The third kappa shape index (κ3) is 4.95. The summed E-state index contributed by atoms with van der Waals surface area (Å²) in [7, 11) is 5.24. The van der Waals surface area contributed by atoms with Crippen molar-refractivity contribution in [3.05, 3.63) is 92.5 Å². The summed E-state index contributed by atoms with van der Waals surface area (Å²) in [5.41, 5.74) is 0.251. The van der Waals surface area contributed by atoms with Crippen LogP contribution in [-0.4, -0.2) is 54.0 Å². The number of hydrogen-bond acceptors (Lipinski definition) is 11. The van der Waals surface area contributed by atoms with Gasteiger partial charge in [-0.2, -0.15) is 0 Å². The molecule has 13 nitrogen and oxygen atoms in total. The van der Waals surface area contributed by atoms with Gasteiger partial charge in [0.1, 0.15) is 11.4 Å². The standard InChI is InChI=1S/C27H22N4O9/c1-37-21-13-15(11-19(30(33)34)26(21)39-3)17-7-5-9-28-23(17)25(32)24-18(8-6-10-29-24)16-12-20(31(35)36)27(40-4)22(14-16)38-2/h5-14H,1-4H3. The lowest BCUT2D eigenvalue weighted by molar-refractivity contribution is -0.385. The molecule has 13 heteroatoms. The number of nitrogens with zero attached hydrogens (tertiary/aromatic N) is 4. The molecule has 0 saturated carbocycles. The van der Waals surface area contributed by atoms with Gasteiger partial charge >= 0.3 is 11.4 Å². The van der Waals surface area contributed by atoms with Crippen LogP contribution in [0.1, 0.15) is 16.2 Å². The number of pyridine rings is 2. The SMILES string of the molecule is COc1cc(-c2cccnc2C(=O)c2ncccc2-c2cc(OC)c(OC)c([N+](=O)[O-])c2)cc([N+](=O)[O-])c1OC. The lowest BCUT2D eigenvalue weighted by Crippen LogP contribution is -2.10. The number of ether oxygens (including phenoxy) is 4. The van der Waals surface area contributed by atoms with E-state index >= 15 is 0 Å². The van der Waals surface area contributed by atoms with E-state index in [9.17, 15) is 25.0 Å². The van der Waals surface area contributed by atoms with E-state index in [1.54, 1.807) is 24.3 Å². The average Bonchev–Trinajstić information content (AvgIpc) is 2.98. The zero-order chi connectivity index (χ0) is 29.0. The molecule has 2 aromatic carbocycles. The minimum absolute atomic E-state index is 0.0565. The Morgan fingerprint density at radius 2 is 1.07 bits per heavy atom. The van der Waals surface area contributed by atoms with Crippen molar-refractivity contribution >= 4 is 17.2 Å². The maximum absolute atomic E-state index is 13.9. The van der Waals surface area contributed by atoms with Crippen molar-refractivity contribution in [2.45, 2.75) is 0 Å². The molecule has 0 radical (unpaired) electrons. The second kappa shape index (κ2) is 11.4. The van der Waals surface area contributed by atoms with Gasteiger partial charge in [-0.1, -0.05) is 12.1 Å². The summed E-state index contributed by atoms with van der Waals surface area (Å²) in [6.45, 7) is 0. The highest BCUT2D eigenvalue weighted by atomic mass is 16.6. The molecule has 0 spiro atoms. The van der Waals surface area contributed by atoms with Crippen molar-refractivity contribution in [2.75, 3.05) is 28.4 Å². The summed E-state index contributed by atoms with van der Waals surface area (Å²) in [5, 5.41) is 23.5. The first kappa shape index (κ1) is 27.4. The number of nitro groups is 2. The minimum atomic E-state index is -0.624. The Balaban J connectivity index is 1.91. The van der Waals surface area contributed by atoms with E-state index in [0.29, 0.717) is 0 Å². The fourth-order valence-corrected chi connectivity index (χ4v) is 4.22. The van der Waals surface area contributed by atoms with Crippen molar-refractivity contribution in [1.82, 2.24) is 9.97 Å². The zero-order valence-electron chi connectivity index (χ0n) is 21.7. The summed E-state index contributed by atoms with van der Waals surface area (Å²) in [6.07, 6.45) is 2.80. The molecule has 0 amide bonds. The van der Waals surface area contributed by atoms with Crippen molar-refractivity contribution in [3.63, 3.8) is 0 Å². The maximum Gasteiger partial charge on any atom is 0.315 e. The van der Waals surface area contributed by atoms with Gasteiger partial charge in [0.15, 0.2) is 11.5 Å². The van der Waals surface area contributed by atoms with Crippen LogP contribution in [0.25, 0.3) is 22.3 Å². The smallest absolute Gasteiger partial charge is 0.315 e. The van der Waals surface area contributed by atoms with Crippen LogP contribution in [0, 0.1) is 20.2 Å². The van der Waals surface area contributed by atoms with E-state index in [-0.39, 0.29) is 68.0 Å². The molecule has 4 aromatic rings. The quantitative estimate of drug-likeness (QED) is 0.151. The fourth-order valence-electron chi connectivity index (χ4n) is 4.22. The third-order valence-corrected chi connectivity index (χ3v) is 5.98. The van der Waals surface area contributed by atoms with Crippen LogP contribution in [0.5, 0.6) is 23.0 Å². The Bertz CT molecular complexity index is 1520. The van der Waals surface area contributed by atoms with Crippen LogP contribution < -0.4 is 18.9 Å². The monoisotopic (exact) mass is 546 g/mol. The largest absolute Gasteiger partial charge is 0.493 e. The Kier molecular flexibility index (Phi) is 7.84. The van der Waals surface area contributed by atoms with Gasteiger partial charge in [-0.3, -0.25) is 35.0 Å². The van der Waals surface area contributed by atoms with Gasteiger partial charge in [0.2, 0.25) is 17.3 Å². The summed E-state index contributed by atoms with van der Waals surface area (Å²) in [6, 6.07) is 11.8. The van der Waals surface area contributed by atoms with Crippen LogP contribution in [0.2, 0.25) is 0 Å². The van der Waals surface area contributed by atoms with Gasteiger partial charge in [-0.05, 0) is 35.4 Å². The number of ketones is 1. The van der Waals surface area contributed by atoms with Gasteiger partial charge in [0.05, 0.1) is 38.3 Å². The van der Waals surface area contributed by atoms with E-state index in [4.69, 9.17) is 18.9 Å². The first-order chi connectivity index (χ1) is 19.2. The van der Waals surface area contributed by atoms with Crippen molar-refractivity contribution in [3.8, 4) is 45.3 Å². The first-order valence-corrected chi connectivity index (χ1v) is 11.5. The molecule has 0 unspecified atom stereocenters. The second-order valence-electron chi connectivity index (χ2n) is 8.10. The normalized spacial score (nSPS) is 10.5. The molecule has 0 aliphatic carbocycles. The van der Waals surface area contributed by atoms with E-state index in [0.717, 1.165) is 0 Å². The highest BCUT2D eigenvalue weighted by Gasteiger charge is 2.28. The highest BCUT2D eigenvalue weighted by Crippen LogP contribution is 2.43. The molecular formula is C27H22N4O9. The Morgan fingerprint density at radius 1 is 0.675 bits per heavy atom. The van der Waals surface area contributed by atoms with Crippen molar-refractivity contribution in [1.29, 1.82) is 0 Å². The molecule has 2 aromatic heterocycles. The van der Waals surface area contributed by atoms with Crippen LogP contribution in [0.4, 0.5) is 11.4 Å². The van der Waals surface area contributed by atoms with Gasteiger partial charge < -0.3 is 18.9 Å². The van der Waals surface area contributed by atoms with Crippen LogP contribution in [-0.2, 0) is 0 Å². The van der Waals surface area contributed by atoms with Crippen molar-refractivity contribution < 1.29 is 33.6 Å². The first-order valence-electron chi connectivity index (χ1n) is 11.5. The number of rotatable bonds is 10. The number of carbonyl (C=O) groups excluding carboxylic acids is 1. The van der Waals surface area contributed by atoms with Crippen LogP contribution in [0.15, 0.2) is 60.9 Å². The minimum Gasteiger partial charge on any atom is -0.493 e. The number of carbonyl (C=O) groups is 1. The molecule has 0 fully saturated rings. The average molecular weight is 546 g/mol. The molecule has 0 bridgehead atoms. The van der Waals surface area contributed by atoms with E-state index < -0.39 is 15.6 Å².